The van der Waals surface area contributed by atoms with Crippen LogP contribution in [0, 0.1) is 0 Å². The van der Waals surface area contributed by atoms with Gasteiger partial charge in [0.05, 0.1) is 24.4 Å². The summed E-state index contributed by atoms with van der Waals surface area (Å²) >= 11 is 0. The Kier molecular flexibility index (Phi) is 14.4. The van der Waals surface area contributed by atoms with E-state index in [9.17, 15) is 40.2 Å². The average molecular weight is 425 g/mol. The Labute approximate surface area is 169 Å². The zero-order valence-electron chi connectivity index (χ0n) is 16.7. The van der Waals surface area contributed by atoms with Crippen LogP contribution in [0.4, 0.5) is 0 Å². The van der Waals surface area contributed by atoms with E-state index in [0.717, 1.165) is 6.92 Å². The van der Waals surface area contributed by atoms with Crippen molar-refractivity contribution in [1.29, 1.82) is 0 Å². The van der Waals surface area contributed by atoms with Crippen molar-refractivity contribution < 1.29 is 50.4 Å². The molecule has 0 aliphatic heterocycles. The van der Waals surface area contributed by atoms with Crippen LogP contribution in [0.25, 0.3) is 0 Å². The molecule has 29 heavy (non-hydrogen) atoms. The molecule has 11 heteroatoms. The molecule has 0 spiro atoms. The van der Waals surface area contributed by atoms with Crippen molar-refractivity contribution >= 4 is 11.6 Å². The van der Waals surface area contributed by atoms with Gasteiger partial charge >= 0.3 is 0 Å². The molecule has 0 heterocycles. The van der Waals surface area contributed by atoms with E-state index < -0.39 is 61.4 Å². The number of hydrogen-bond donors (Lipinski definition) is 8. The number of nitrogens with zero attached hydrogens (tertiary/aromatic N) is 1. The monoisotopic (exact) mass is 425 g/mol. The maximum absolute atomic E-state index is 11.4. The van der Waals surface area contributed by atoms with E-state index in [0.29, 0.717) is 0 Å². The normalized spacial score (nSPS) is 18.1. The summed E-state index contributed by atoms with van der Waals surface area (Å²) in [6, 6.07) is 0. The third kappa shape index (κ3) is 11.1. The van der Waals surface area contributed by atoms with Crippen molar-refractivity contribution in [3.8, 4) is 0 Å². The van der Waals surface area contributed by atoms with E-state index in [2.05, 4.69) is 0 Å². The Hall–Kier alpha value is -1.02. The summed E-state index contributed by atoms with van der Waals surface area (Å²) in [5.41, 5.74) is 0. The standard InChI is InChI=1S/C18H35NO10/c1-11(22)12(23)3-2-6-19(9-15(26)17(28)13(24)4-7-20)10-16(27)18(29)14(25)5-8-21/h13-18,20-21,24-29H,2-10H2,1H3/t13-,14-,15+,16+,17+,18+/m1/s1. The van der Waals surface area contributed by atoms with E-state index in [1.807, 2.05) is 0 Å². The zero-order chi connectivity index (χ0) is 22.6. The van der Waals surface area contributed by atoms with E-state index >= 15 is 0 Å². The van der Waals surface area contributed by atoms with E-state index in [1.54, 1.807) is 0 Å². The molecule has 0 saturated carbocycles. The Morgan fingerprint density at radius 3 is 1.52 bits per heavy atom. The van der Waals surface area contributed by atoms with Gasteiger partial charge in [-0.2, -0.15) is 0 Å². The van der Waals surface area contributed by atoms with Crippen molar-refractivity contribution in [2.75, 3.05) is 32.8 Å². The van der Waals surface area contributed by atoms with E-state index in [4.69, 9.17) is 10.2 Å². The fraction of sp³-hybridized carbons (Fsp3) is 0.889. The van der Waals surface area contributed by atoms with Gasteiger partial charge < -0.3 is 40.9 Å². The van der Waals surface area contributed by atoms with Gasteiger partial charge in [0.15, 0.2) is 11.6 Å². The summed E-state index contributed by atoms with van der Waals surface area (Å²) in [6.45, 7) is -0.0370. The van der Waals surface area contributed by atoms with Gasteiger partial charge in [0.1, 0.15) is 12.2 Å². The fourth-order valence-electron chi connectivity index (χ4n) is 2.76. The highest BCUT2D eigenvalue weighted by Crippen LogP contribution is 2.11. The molecule has 172 valence electrons. The second-order valence-corrected chi connectivity index (χ2v) is 7.12. The lowest BCUT2D eigenvalue weighted by Gasteiger charge is -2.32. The highest BCUT2D eigenvalue weighted by molar-refractivity contribution is 6.36. The van der Waals surface area contributed by atoms with Gasteiger partial charge in [0.2, 0.25) is 0 Å². The molecule has 0 aromatic carbocycles. The van der Waals surface area contributed by atoms with Crippen LogP contribution in [0.15, 0.2) is 0 Å². The van der Waals surface area contributed by atoms with Crippen LogP contribution in [0.3, 0.4) is 0 Å². The van der Waals surface area contributed by atoms with E-state index in [1.165, 1.54) is 4.90 Å². The first-order chi connectivity index (χ1) is 13.5. The predicted octanol–water partition coefficient (Wildman–Crippen LogP) is -3.84. The molecular weight excluding hydrogens is 390 g/mol. The smallest absolute Gasteiger partial charge is 0.198 e. The molecule has 0 radical (unpaired) electrons. The minimum atomic E-state index is -1.58. The number of hydrogen-bond acceptors (Lipinski definition) is 11. The van der Waals surface area contributed by atoms with Crippen LogP contribution >= 0.6 is 0 Å². The van der Waals surface area contributed by atoms with Gasteiger partial charge in [-0.1, -0.05) is 0 Å². The van der Waals surface area contributed by atoms with Gasteiger partial charge in [0, 0.05) is 39.6 Å². The van der Waals surface area contributed by atoms with Crippen molar-refractivity contribution in [2.24, 2.45) is 0 Å². The number of aliphatic hydroxyl groups excluding tert-OH is 8. The molecule has 0 aliphatic rings. The molecule has 0 aliphatic carbocycles. The number of rotatable bonds is 17. The molecule has 0 aromatic heterocycles. The van der Waals surface area contributed by atoms with Crippen molar-refractivity contribution in [3.05, 3.63) is 0 Å². The summed E-state index contributed by atoms with van der Waals surface area (Å²) in [4.78, 5) is 23.9. The van der Waals surface area contributed by atoms with Gasteiger partial charge in [0.25, 0.3) is 0 Å². The SMILES string of the molecule is CC(=O)C(=O)CCCN(C[C@H](O)[C@@H](O)[C@H](O)CCO)C[C@H](O)[C@@H](O)[C@H](O)CCO. The van der Waals surface area contributed by atoms with Crippen molar-refractivity contribution in [3.63, 3.8) is 0 Å². The Balaban J connectivity index is 4.98. The minimum absolute atomic E-state index is 0.0661. The predicted molar refractivity (Wildman–Crippen MR) is 101 cm³/mol. The molecule has 0 saturated heterocycles. The van der Waals surface area contributed by atoms with Crippen molar-refractivity contribution in [2.45, 2.75) is 69.2 Å². The van der Waals surface area contributed by atoms with Crippen molar-refractivity contribution in [1.82, 2.24) is 4.90 Å². The molecule has 0 unspecified atom stereocenters. The molecule has 0 amide bonds. The molecular formula is C18H35NO10. The van der Waals surface area contributed by atoms with E-state index in [-0.39, 0.29) is 45.3 Å². The van der Waals surface area contributed by atoms with Gasteiger partial charge in [-0.25, -0.2) is 0 Å². The molecule has 0 bridgehead atoms. The fourth-order valence-corrected chi connectivity index (χ4v) is 2.76. The average Bonchev–Trinajstić information content (AvgIpc) is 2.66. The third-order valence-electron chi connectivity index (χ3n) is 4.59. The lowest BCUT2D eigenvalue weighted by atomic mass is 10.0. The lowest BCUT2D eigenvalue weighted by Crippen LogP contribution is -2.50. The van der Waals surface area contributed by atoms with Gasteiger partial charge in [-0.05, 0) is 25.8 Å². The highest BCUT2D eigenvalue weighted by atomic mass is 16.4. The molecule has 11 nitrogen and oxygen atoms in total. The number of ketones is 2. The first-order valence-electron chi connectivity index (χ1n) is 9.61. The molecule has 0 fully saturated rings. The van der Waals surface area contributed by atoms with Crippen LogP contribution in [-0.2, 0) is 9.59 Å². The first kappa shape index (κ1) is 28.0. The first-order valence-corrected chi connectivity index (χ1v) is 9.61. The quantitative estimate of drug-likeness (QED) is 0.106. The number of carbonyl (C=O) groups excluding carboxylic acids is 2. The second kappa shape index (κ2) is 14.9. The highest BCUT2D eigenvalue weighted by Gasteiger charge is 2.30. The molecule has 0 aromatic rings. The lowest BCUT2D eigenvalue weighted by molar-refractivity contribution is -0.135. The van der Waals surface area contributed by atoms with Crippen LogP contribution in [-0.4, -0.2) is 127 Å². The summed E-state index contributed by atoms with van der Waals surface area (Å²) in [5.74, 6) is -1.18. The molecule has 6 atom stereocenters. The van der Waals surface area contributed by atoms with Gasteiger partial charge in [-0.3, -0.25) is 14.5 Å². The Morgan fingerprint density at radius 1 is 0.759 bits per heavy atom. The Bertz CT molecular complexity index is 452. The summed E-state index contributed by atoms with van der Waals surface area (Å²) in [5, 5.41) is 77.2. The Morgan fingerprint density at radius 2 is 1.17 bits per heavy atom. The number of aliphatic hydroxyl groups is 8. The van der Waals surface area contributed by atoms with Crippen LogP contribution in [0.1, 0.15) is 32.6 Å². The number of Topliss-reactive ketones (excluding diaryl/α,β-unsaturated/α-hetero) is 2. The summed E-state index contributed by atoms with van der Waals surface area (Å²) < 4.78 is 0. The maximum atomic E-state index is 11.4. The molecule has 0 rings (SSSR count). The summed E-state index contributed by atoms with van der Waals surface area (Å²) in [7, 11) is 0. The largest absolute Gasteiger partial charge is 0.396 e. The zero-order valence-corrected chi connectivity index (χ0v) is 16.7. The molecule has 8 N–H and O–H groups in total. The van der Waals surface area contributed by atoms with Crippen LogP contribution < -0.4 is 0 Å². The summed E-state index contributed by atoms with van der Waals surface area (Å²) in [6.07, 6.45) is -9.02. The third-order valence-corrected chi connectivity index (χ3v) is 4.59. The topological polar surface area (TPSA) is 199 Å². The van der Waals surface area contributed by atoms with Crippen LogP contribution in [0.5, 0.6) is 0 Å². The minimum Gasteiger partial charge on any atom is -0.396 e. The number of carbonyl (C=O) groups is 2. The second-order valence-electron chi connectivity index (χ2n) is 7.12. The maximum Gasteiger partial charge on any atom is 0.198 e. The van der Waals surface area contributed by atoms with Crippen LogP contribution in [0.2, 0.25) is 0 Å². The van der Waals surface area contributed by atoms with Gasteiger partial charge in [-0.15, -0.1) is 0 Å².